The summed E-state index contributed by atoms with van der Waals surface area (Å²) in [6, 6.07) is 1.63. The molecule has 0 aliphatic heterocycles. The van der Waals surface area contributed by atoms with Crippen LogP contribution in [0.4, 0.5) is 8.78 Å². The highest BCUT2D eigenvalue weighted by atomic mass is 19.3. The number of halogens is 2. The van der Waals surface area contributed by atoms with Gasteiger partial charge in [0.1, 0.15) is 5.75 Å². The summed E-state index contributed by atoms with van der Waals surface area (Å²) in [4.78, 5) is 16.2. The summed E-state index contributed by atoms with van der Waals surface area (Å²) in [6.45, 7) is 2.34. The summed E-state index contributed by atoms with van der Waals surface area (Å²) in [5.41, 5.74) is 0.446. The quantitative estimate of drug-likeness (QED) is 0.785. The van der Waals surface area contributed by atoms with E-state index in [4.69, 9.17) is 4.74 Å². The number of ether oxygens (including phenoxy) is 1. The van der Waals surface area contributed by atoms with Gasteiger partial charge in [0.2, 0.25) is 5.92 Å². The van der Waals surface area contributed by atoms with Crippen LogP contribution in [-0.4, -0.2) is 23.3 Å². The molecule has 0 saturated heterocycles. The van der Waals surface area contributed by atoms with E-state index in [0.717, 1.165) is 0 Å². The molecule has 19 heavy (non-hydrogen) atoms. The van der Waals surface area contributed by atoms with Crippen molar-refractivity contribution in [2.45, 2.75) is 38.5 Å². The van der Waals surface area contributed by atoms with Crippen molar-refractivity contribution in [3.63, 3.8) is 0 Å². The Labute approximate surface area is 111 Å². The molecule has 1 aliphatic rings. The standard InChI is InChI=1S/C14H17F2NO2/c1-2-19-12-7-11(8-17-9-12)13(18)10-3-5-14(15,16)6-4-10/h7-10H,2-6H2,1H3. The van der Waals surface area contributed by atoms with E-state index in [1.54, 1.807) is 6.07 Å². The van der Waals surface area contributed by atoms with Crippen LogP contribution in [-0.2, 0) is 0 Å². The van der Waals surface area contributed by atoms with E-state index >= 15 is 0 Å². The first-order valence-corrected chi connectivity index (χ1v) is 6.52. The second kappa shape index (κ2) is 5.63. The van der Waals surface area contributed by atoms with E-state index in [0.29, 0.717) is 17.9 Å². The monoisotopic (exact) mass is 269 g/mol. The number of carbonyl (C=O) groups is 1. The molecular weight excluding hydrogens is 252 g/mol. The molecule has 0 aromatic carbocycles. The van der Waals surface area contributed by atoms with E-state index in [1.807, 2.05) is 6.92 Å². The van der Waals surface area contributed by atoms with Crippen LogP contribution >= 0.6 is 0 Å². The van der Waals surface area contributed by atoms with Gasteiger partial charge in [-0.3, -0.25) is 9.78 Å². The summed E-state index contributed by atoms with van der Waals surface area (Å²) < 4.78 is 31.4. The van der Waals surface area contributed by atoms with Gasteiger partial charge in [-0.1, -0.05) is 0 Å². The number of pyridine rings is 1. The SMILES string of the molecule is CCOc1cncc(C(=O)C2CCC(F)(F)CC2)c1. The number of alkyl halides is 2. The van der Waals surface area contributed by atoms with Crippen molar-refractivity contribution in [1.82, 2.24) is 4.98 Å². The Hall–Kier alpha value is -1.52. The average molecular weight is 269 g/mol. The summed E-state index contributed by atoms with van der Waals surface area (Å²) in [5, 5.41) is 0. The lowest BCUT2D eigenvalue weighted by molar-refractivity contribution is -0.0424. The predicted octanol–water partition coefficient (Wildman–Crippen LogP) is 3.49. The predicted molar refractivity (Wildman–Crippen MR) is 66.6 cm³/mol. The van der Waals surface area contributed by atoms with E-state index in [-0.39, 0.29) is 37.4 Å². The lowest BCUT2D eigenvalue weighted by Gasteiger charge is -2.27. The molecule has 2 rings (SSSR count). The van der Waals surface area contributed by atoms with Crippen LogP contribution in [0.1, 0.15) is 43.0 Å². The number of hydrogen-bond acceptors (Lipinski definition) is 3. The van der Waals surface area contributed by atoms with Crippen LogP contribution in [0.3, 0.4) is 0 Å². The van der Waals surface area contributed by atoms with Crippen molar-refractivity contribution in [1.29, 1.82) is 0 Å². The fraction of sp³-hybridized carbons (Fsp3) is 0.571. The van der Waals surface area contributed by atoms with E-state index in [9.17, 15) is 13.6 Å². The summed E-state index contributed by atoms with van der Waals surface area (Å²) >= 11 is 0. The molecule has 1 heterocycles. The van der Waals surface area contributed by atoms with Gasteiger partial charge in [-0.05, 0) is 25.8 Å². The van der Waals surface area contributed by atoms with Gasteiger partial charge in [-0.25, -0.2) is 8.78 Å². The fourth-order valence-electron chi connectivity index (χ4n) is 2.34. The second-order valence-electron chi connectivity index (χ2n) is 4.84. The first-order chi connectivity index (χ1) is 9.02. The summed E-state index contributed by atoms with van der Waals surface area (Å²) in [5.74, 6) is -2.50. The molecule has 1 saturated carbocycles. The molecule has 0 N–H and O–H groups in total. The number of Topliss-reactive ketones (excluding diaryl/α,β-unsaturated/α-hetero) is 1. The van der Waals surface area contributed by atoms with Crippen LogP contribution in [0, 0.1) is 5.92 Å². The number of aromatic nitrogens is 1. The molecule has 0 radical (unpaired) electrons. The van der Waals surface area contributed by atoms with Crippen molar-refractivity contribution in [2.24, 2.45) is 5.92 Å². The lowest BCUT2D eigenvalue weighted by atomic mass is 9.82. The van der Waals surface area contributed by atoms with E-state index < -0.39 is 5.92 Å². The van der Waals surface area contributed by atoms with Crippen molar-refractivity contribution in [2.75, 3.05) is 6.61 Å². The Balaban J connectivity index is 2.05. The Morgan fingerprint density at radius 3 is 2.74 bits per heavy atom. The zero-order chi connectivity index (χ0) is 13.9. The third-order valence-corrected chi connectivity index (χ3v) is 3.40. The number of nitrogens with zero attached hydrogens (tertiary/aromatic N) is 1. The maximum Gasteiger partial charge on any atom is 0.248 e. The molecule has 1 aromatic heterocycles. The molecule has 0 bridgehead atoms. The maximum absolute atomic E-state index is 13.1. The van der Waals surface area contributed by atoms with Gasteiger partial charge in [-0.15, -0.1) is 0 Å². The van der Waals surface area contributed by atoms with Crippen molar-refractivity contribution in [3.05, 3.63) is 24.0 Å². The first-order valence-electron chi connectivity index (χ1n) is 6.52. The van der Waals surface area contributed by atoms with E-state index in [2.05, 4.69) is 4.98 Å². The highest BCUT2D eigenvalue weighted by Gasteiger charge is 2.37. The molecule has 0 unspecified atom stereocenters. The number of carbonyl (C=O) groups excluding carboxylic acids is 1. The van der Waals surface area contributed by atoms with Crippen molar-refractivity contribution >= 4 is 5.78 Å². The molecule has 0 amide bonds. The van der Waals surface area contributed by atoms with Crippen LogP contribution in [0.15, 0.2) is 18.5 Å². The number of hydrogen-bond donors (Lipinski definition) is 0. The molecule has 104 valence electrons. The highest BCUT2D eigenvalue weighted by molar-refractivity contribution is 5.97. The van der Waals surface area contributed by atoms with Crippen molar-refractivity contribution in [3.8, 4) is 5.75 Å². The minimum absolute atomic E-state index is 0.107. The van der Waals surface area contributed by atoms with Gasteiger partial charge in [0.25, 0.3) is 0 Å². The molecule has 1 aliphatic carbocycles. The molecular formula is C14H17F2NO2. The van der Waals surface area contributed by atoms with Gasteiger partial charge in [-0.2, -0.15) is 0 Å². The average Bonchev–Trinajstić information content (AvgIpc) is 2.39. The van der Waals surface area contributed by atoms with Crippen LogP contribution in [0.25, 0.3) is 0 Å². The van der Waals surface area contributed by atoms with Crippen LogP contribution < -0.4 is 4.74 Å². The summed E-state index contributed by atoms with van der Waals surface area (Å²) in [7, 11) is 0. The summed E-state index contributed by atoms with van der Waals surface area (Å²) in [6.07, 6.45) is 3.08. The van der Waals surface area contributed by atoms with Gasteiger partial charge < -0.3 is 4.74 Å². The van der Waals surface area contributed by atoms with Crippen molar-refractivity contribution < 1.29 is 18.3 Å². The molecule has 0 spiro atoms. The lowest BCUT2D eigenvalue weighted by Crippen LogP contribution is -2.28. The molecule has 3 nitrogen and oxygen atoms in total. The topological polar surface area (TPSA) is 39.2 Å². The number of rotatable bonds is 4. The van der Waals surface area contributed by atoms with E-state index in [1.165, 1.54) is 12.4 Å². The Morgan fingerprint density at radius 1 is 1.42 bits per heavy atom. The van der Waals surface area contributed by atoms with Gasteiger partial charge in [0.05, 0.1) is 12.8 Å². The third-order valence-electron chi connectivity index (χ3n) is 3.40. The zero-order valence-electron chi connectivity index (χ0n) is 10.9. The minimum atomic E-state index is -2.61. The maximum atomic E-state index is 13.1. The molecule has 1 fully saturated rings. The van der Waals surface area contributed by atoms with Crippen LogP contribution in [0.2, 0.25) is 0 Å². The third kappa shape index (κ3) is 3.49. The first kappa shape index (κ1) is 13.9. The molecule has 0 atom stereocenters. The molecule has 1 aromatic rings. The Kier molecular flexibility index (Phi) is 4.12. The van der Waals surface area contributed by atoms with Crippen LogP contribution in [0.5, 0.6) is 5.75 Å². The zero-order valence-corrected chi connectivity index (χ0v) is 10.9. The smallest absolute Gasteiger partial charge is 0.248 e. The normalized spacial score (nSPS) is 19.1. The van der Waals surface area contributed by atoms with Gasteiger partial charge in [0.15, 0.2) is 5.78 Å². The Bertz CT molecular complexity index is 453. The van der Waals surface area contributed by atoms with Gasteiger partial charge >= 0.3 is 0 Å². The number of ketones is 1. The second-order valence-corrected chi connectivity index (χ2v) is 4.84. The highest BCUT2D eigenvalue weighted by Crippen LogP contribution is 2.37. The largest absolute Gasteiger partial charge is 0.492 e. The minimum Gasteiger partial charge on any atom is -0.492 e. The fourth-order valence-corrected chi connectivity index (χ4v) is 2.34. The molecule has 5 heteroatoms. The Morgan fingerprint density at radius 2 is 2.11 bits per heavy atom. The van der Waals surface area contributed by atoms with Gasteiger partial charge in [0, 0.05) is 30.5 Å².